The molecule has 0 saturated carbocycles. The van der Waals surface area contributed by atoms with Crippen LogP contribution >= 0.6 is 0 Å². The highest BCUT2D eigenvalue weighted by atomic mass is 16.5. The van der Waals surface area contributed by atoms with Crippen LogP contribution in [0.3, 0.4) is 0 Å². The minimum Gasteiger partial charge on any atom is -0.376 e. The van der Waals surface area contributed by atoms with Gasteiger partial charge in [-0.15, -0.1) is 0 Å². The van der Waals surface area contributed by atoms with E-state index in [0.29, 0.717) is 0 Å². The molecule has 0 amide bonds. The van der Waals surface area contributed by atoms with E-state index in [1.807, 2.05) is 18.7 Å². The zero-order chi connectivity index (χ0) is 14.5. The van der Waals surface area contributed by atoms with Crippen LogP contribution in [0.15, 0.2) is 6.33 Å². The Labute approximate surface area is 116 Å². The average Bonchev–Trinajstić information content (AvgIpc) is 2.70. The third-order valence-corrected chi connectivity index (χ3v) is 3.24. The molecule has 19 heavy (non-hydrogen) atoms. The van der Waals surface area contributed by atoms with Crippen molar-refractivity contribution in [3.8, 4) is 0 Å². The summed E-state index contributed by atoms with van der Waals surface area (Å²) in [6.45, 7) is 12.5. The molecule has 0 bridgehead atoms. The van der Waals surface area contributed by atoms with Crippen LogP contribution in [0, 0.1) is 5.41 Å². The molecule has 2 atom stereocenters. The monoisotopic (exact) mass is 268 g/mol. The van der Waals surface area contributed by atoms with E-state index < -0.39 is 0 Å². The van der Waals surface area contributed by atoms with Crippen molar-refractivity contribution in [3.63, 3.8) is 0 Å². The number of ether oxygens (including phenoxy) is 1. The molecule has 1 N–H and O–H groups in total. The molecule has 0 spiro atoms. The zero-order valence-corrected chi connectivity index (χ0v) is 13.1. The van der Waals surface area contributed by atoms with Crippen molar-refractivity contribution in [2.24, 2.45) is 12.5 Å². The molecule has 0 aliphatic carbocycles. The molecule has 1 rings (SSSR count). The van der Waals surface area contributed by atoms with Gasteiger partial charge in [0, 0.05) is 26.1 Å². The smallest absolute Gasteiger partial charge is 0.138 e. The summed E-state index contributed by atoms with van der Waals surface area (Å²) in [7, 11) is 1.93. The summed E-state index contributed by atoms with van der Waals surface area (Å²) < 4.78 is 7.82. The second-order valence-electron chi connectivity index (χ2n) is 5.91. The number of rotatable bonds is 7. The maximum Gasteiger partial charge on any atom is 0.138 e. The van der Waals surface area contributed by atoms with Gasteiger partial charge in [0.2, 0.25) is 0 Å². The molecule has 5 heteroatoms. The number of hydrogen-bond donors (Lipinski definition) is 1. The fourth-order valence-corrected chi connectivity index (χ4v) is 2.40. The molecule has 0 saturated heterocycles. The Morgan fingerprint density at radius 3 is 2.47 bits per heavy atom. The molecule has 5 nitrogen and oxygen atoms in total. The quantitative estimate of drug-likeness (QED) is 0.819. The molecule has 0 aliphatic heterocycles. The minimum absolute atomic E-state index is 0.0848. The van der Waals surface area contributed by atoms with Crippen LogP contribution in [-0.4, -0.2) is 40.1 Å². The van der Waals surface area contributed by atoms with Crippen molar-refractivity contribution in [2.45, 2.75) is 53.2 Å². The highest BCUT2D eigenvalue weighted by Gasteiger charge is 2.33. The fraction of sp³-hybridized carbons (Fsp3) is 0.857. The van der Waals surface area contributed by atoms with E-state index in [4.69, 9.17) is 4.74 Å². The standard InChI is InChI=1S/C14H28N4O/c1-7-15-11(9-12-16-10-17-18(12)6)13(19-8-2)14(3,4)5/h10-11,13,15H,7-9H2,1-6H3. The predicted octanol–water partition coefficient (Wildman–Crippen LogP) is 1.79. The second-order valence-corrected chi connectivity index (χ2v) is 5.91. The molecule has 1 aromatic rings. The van der Waals surface area contributed by atoms with Gasteiger partial charge in [0.15, 0.2) is 0 Å². The Kier molecular flexibility index (Phi) is 5.94. The molecule has 1 heterocycles. The molecule has 0 aromatic carbocycles. The summed E-state index contributed by atoms with van der Waals surface area (Å²) in [6.07, 6.45) is 2.58. The summed E-state index contributed by atoms with van der Waals surface area (Å²) in [4.78, 5) is 4.32. The van der Waals surface area contributed by atoms with Gasteiger partial charge in [-0.05, 0) is 18.9 Å². The Hall–Kier alpha value is -0.940. The molecular formula is C14H28N4O. The van der Waals surface area contributed by atoms with Crippen molar-refractivity contribution >= 4 is 0 Å². The maximum atomic E-state index is 5.99. The van der Waals surface area contributed by atoms with E-state index in [1.54, 1.807) is 6.33 Å². The summed E-state index contributed by atoms with van der Waals surface area (Å²) >= 11 is 0. The third-order valence-electron chi connectivity index (χ3n) is 3.24. The lowest BCUT2D eigenvalue weighted by atomic mass is 9.83. The van der Waals surface area contributed by atoms with Crippen molar-refractivity contribution < 1.29 is 4.74 Å². The van der Waals surface area contributed by atoms with Crippen LogP contribution in [0.2, 0.25) is 0 Å². The van der Waals surface area contributed by atoms with Gasteiger partial charge in [0.1, 0.15) is 12.2 Å². The van der Waals surface area contributed by atoms with Crippen LogP contribution in [0.4, 0.5) is 0 Å². The topological polar surface area (TPSA) is 52.0 Å². The van der Waals surface area contributed by atoms with Crippen molar-refractivity contribution in [1.29, 1.82) is 0 Å². The van der Waals surface area contributed by atoms with Crippen LogP contribution in [0.1, 0.15) is 40.4 Å². The molecule has 0 fully saturated rings. The van der Waals surface area contributed by atoms with Crippen LogP contribution in [0.5, 0.6) is 0 Å². The van der Waals surface area contributed by atoms with E-state index >= 15 is 0 Å². The van der Waals surface area contributed by atoms with E-state index in [0.717, 1.165) is 25.4 Å². The zero-order valence-electron chi connectivity index (χ0n) is 13.1. The van der Waals surface area contributed by atoms with E-state index in [1.165, 1.54) is 0 Å². The lowest BCUT2D eigenvalue weighted by Crippen LogP contribution is -2.49. The minimum atomic E-state index is 0.0848. The van der Waals surface area contributed by atoms with Crippen molar-refractivity contribution in [1.82, 2.24) is 20.1 Å². The average molecular weight is 268 g/mol. The molecule has 0 aliphatic rings. The van der Waals surface area contributed by atoms with E-state index in [-0.39, 0.29) is 17.6 Å². The molecular weight excluding hydrogens is 240 g/mol. The molecule has 110 valence electrons. The van der Waals surface area contributed by atoms with E-state index in [2.05, 4.69) is 43.1 Å². The normalized spacial score (nSPS) is 15.5. The van der Waals surface area contributed by atoms with Crippen LogP contribution < -0.4 is 5.32 Å². The fourth-order valence-electron chi connectivity index (χ4n) is 2.40. The van der Waals surface area contributed by atoms with Crippen molar-refractivity contribution in [3.05, 3.63) is 12.2 Å². The molecule has 1 aromatic heterocycles. The lowest BCUT2D eigenvalue weighted by molar-refractivity contribution is -0.0357. The summed E-state index contributed by atoms with van der Waals surface area (Å²) in [5.74, 6) is 0.986. The van der Waals surface area contributed by atoms with Gasteiger partial charge in [-0.3, -0.25) is 4.68 Å². The first-order valence-electron chi connectivity index (χ1n) is 7.08. The number of nitrogens with one attached hydrogen (secondary N) is 1. The maximum absolute atomic E-state index is 5.99. The van der Waals surface area contributed by atoms with Crippen molar-refractivity contribution in [2.75, 3.05) is 13.2 Å². The first-order valence-corrected chi connectivity index (χ1v) is 7.08. The third kappa shape index (κ3) is 4.58. The highest BCUT2D eigenvalue weighted by molar-refractivity contribution is 4.95. The van der Waals surface area contributed by atoms with Gasteiger partial charge in [0.05, 0.1) is 6.10 Å². The molecule has 0 radical (unpaired) electrons. The first-order chi connectivity index (χ1) is 8.90. The van der Waals surface area contributed by atoms with Gasteiger partial charge in [-0.2, -0.15) is 5.10 Å². The first kappa shape index (κ1) is 16.1. The Balaban J connectivity index is 2.87. The summed E-state index contributed by atoms with van der Waals surface area (Å²) in [5.41, 5.74) is 0.0848. The van der Waals surface area contributed by atoms with Crippen LogP contribution in [0.25, 0.3) is 0 Å². The number of aromatic nitrogens is 3. The number of hydrogen-bond acceptors (Lipinski definition) is 4. The Bertz CT molecular complexity index is 370. The van der Waals surface area contributed by atoms with Gasteiger partial charge in [0.25, 0.3) is 0 Å². The van der Waals surface area contributed by atoms with Gasteiger partial charge in [-0.25, -0.2) is 4.98 Å². The SMILES string of the molecule is CCNC(Cc1ncnn1C)C(OCC)C(C)(C)C. The predicted molar refractivity (Wildman–Crippen MR) is 77.0 cm³/mol. The second kappa shape index (κ2) is 7.01. The van der Waals surface area contributed by atoms with Gasteiger partial charge >= 0.3 is 0 Å². The van der Waals surface area contributed by atoms with E-state index in [9.17, 15) is 0 Å². The van der Waals surface area contributed by atoms with Crippen LogP contribution in [-0.2, 0) is 18.2 Å². The summed E-state index contributed by atoms with van der Waals surface area (Å²) in [5, 5.41) is 7.67. The number of nitrogens with zero attached hydrogens (tertiary/aromatic N) is 3. The number of likely N-dealkylation sites (N-methyl/N-ethyl adjacent to an activating group) is 1. The van der Waals surface area contributed by atoms with Gasteiger partial charge < -0.3 is 10.1 Å². The molecule has 2 unspecified atom stereocenters. The summed E-state index contributed by atoms with van der Waals surface area (Å²) in [6, 6.07) is 0.243. The largest absolute Gasteiger partial charge is 0.376 e. The highest BCUT2D eigenvalue weighted by Crippen LogP contribution is 2.26. The Morgan fingerprint density at radius 2 is 2.05 bits per heavy atom. The number of aryl methyl sites for hydroxylation is 1. The van der Waals surface area contributed by atoms with Gasteiger partial charge in [-0.1, -0.05) is 27.7 Å². The Morgan fingerprint density at radius 1 is 1.37 bits per heavy atom. The lowest BCUT2D eigenvalue weighted by Gasteiger charge is -2.37.